The zero-order valence-electron chi connectivity index (χ0n) is 13.2. The molecule has 3 heterocycles. The summed E-state index contributed by atoms with van der Waals surface area (Å²) < 4.78 is 5.53. The lowest BCUT2D eigenvalue weighted by Crippen LogP contribution is -2.45. The van der Waals surface area contributed by atoms with Crippen LogP contribution in [0.25, 0.3) is 5.57 Å². The van der Waals surface area contributed by atoms with Gasteiger partial charge in [0.05, 0.1) is 11.7 Å². The van der Waals surface area contributed by atoms with Crippen LogP contribution in [-0.4, -0.2) is 38.9 Å². The first-order valence-electron chi connectivity index (χ1n) is 7.65. The number of hydrogen-bond donors (Lipinski definition) is 1. The molecule has 6 heteroatoms. The molecule has 2 aliphatic heterocycles. The molecule has 6 nitrogen and oxygen atoms in total. The third-order valence-electron chi connectivity index (χ3n) is 4.01. The zero-order valence-corrected chi connectivity index (χ0v) is 13.2. The summed E-state index contributed by atoms with van der Waals surface area (Å²) in [5.74, 6) is 0.415. The minimum absolute atomic E-state index is 0.0861. The number of nitrogen functional groups attached to an aromatic ring is 1. The maximum Gasteiger partial charge on any atom is 0.411 e. The van der Waals surface area contributed by atoms with E-state index in [1.807, 2.05) is 31.7 Å². The summed E-state index contributed by atoms with van der Waals surface area (Å²) >= 11 is 0. The average molecular weight is 302 g/mol. The van der Waals surface area contributed by atoms with Crippen LogP contribution in [0.2, 0.25) is 0 Å². The largest absolute Gasteiger partial charge is 0.444 e. The van der Waals surface area contributed by atoms with Crippen LogP contribution in [0.5, 0.6) is 0 Å². The van der Waals surface area contributed by atoms with Crippen molar-refractivity contribution in [1.82, 2.24) is 15.1 Å². The quantitative estimate of drug-likeness (QED) is 0.862. The molecular formula is C16H22N4O2. The van der Waals surface area contributed by atoms with E-state index in [-0.39, 0.29) is 18.2 Å². The molecule has 2 aliphatic rings. The van der Waals surface area contributed by atoms with E-state index in [1.165, 1.54) is 0 Å². The Balaban J connectivity index is 1.80. The molecule has 3 rings (SSSR count). The van der Waals surface area contributed by atoms with Crippen LogP contribution in [-0.2, 0) is 4.74 Å². The Kier molecular flexibility index (Phi) is 3.54. The first-order valence-corrected chi connectivity index (χ1v) is 7.65. The van der Waals surface area contributed by atoms with E-state index >= 15 is 0 Å². The molecule has 118 valence electrons. The number of rotatable bonds is 1. The van der Waals surface area contributed by atoms with Crippen LogP contribution < -0.4 is 5.73 Å². The molecule has 2 unspecified atom stereocenters. The van der Waals surface area contributed by atoms with Gasteiger partial charge in [-0.25, -0.2) is 4.79 Å². The van der Waals surface area contributed by atoms with E-state index in [9.17, 15) is 4.79 Å². The summed E-state index contributed by atoms with van der Waals surface area (Å²) in [6.45, 7) is 5.67. The number of hydrogen-bond acceptors (Lipinski definition) is 5. The second kappa shape index (κ2) is 5.26. The van der Waals surface area contributed by atoms with Gasteiger partial charge in [-0.2, -0.15) is 0 Å². The van der Waals surface area contributed by atoms with Crippen molar-refractivity contribution in [3.05, 3.63) is 23.9 Å². The van der Waals surface area contributed by atoms with Crippen LogP contribution in [0.1, 0.15) is 45.7 Å². The Morgan fingerprint density at radius 1 is 1.32 bits per heavy atom. The molecule has 1 saturated heterocycles. The van der Waals surface area contributed by atoms with Gasteiger partial charge in [0.1, 0.15) is 11.4 Å². The van der Waals surface area contributed by atoms with Crippen molar-refractivity contribution in [2.45, 2.75) is 57.7 Å². The number of carbonyl (C=O) groups is 1. The molecule has 0 aliphatic carbocycles. The Bertz CT molecular complexity index is 604. The van der Waals surface area contributed by atoms with Crippen molar-refractivity contribution in [1.29, 1.82) is 0 Å². The van der Waals surface area contributed by atoms with E-state index in [4.69, 9.17) is 10.5 Å². The lowest BCUT2D eigenvalue weighted by atomic mass is 9.98. The SMILES string of the molecule is CC(C)(C)OC(=O)N1C2C=C(c3ccc(N)nn3)CC1CC2. The number of carbonyl (C=O) groups excluding carboxylic acids is 1. The smallest absolute Gasteiger partial charge is 0.411 e. The molecule has 2 atom stereocenters. The predicted molar refractivity (Wildman–Crippen MR) is 83.9 cm³/mol. The van der Waals surface area contributed by atoms with Crippen LogP contribution in [0, 0.1) is 0 Å². The van der Waals surface area contributed by atoms with Crippen molar-refractivity contribution in [3.63, 3.8) is 0 Å². The summed E-state index contributed by atoms with van der Waals surface area (Å²) in [6.07, 6.45) is 4.64. The molecule has 0 saturated carbocycles. The standard InChI is InChI=1S/C16H22N4O2/c1-16(2,3)22-15(21)20-11-4-5-12(20)9-10(8-11)13-6-7-14(17)19-18-13/h6-8,11-12H,4-5,9H2,1-3H3,(H2,17,19). The van der Waals surface area contributed by atoms with E-state index < -0.39 is 5.60 Å². The number of anilines is 1. The average Bonchev–Trinajstić information content (AvgIpc) is 2.69. The Morgan fingerprint density at radius 3 is 2.68 bits per heavy atom. The highest BCUT2D eigenvalue weighted by Gasteiger charge is 2.41. The highest BCUT2D eigenvalue weighted by Crippen LogP contribution is 2.38. The van der Waals surface area contributed by atoms with Gasteiger partial charge < -0.3 is 10.5 Å². The predicted octanol–water partition coefficient (Wildman–Crippen LogP) is 2.61. The number of ether oxygens (including phenoxy) is 1. The highest BCUT2D eigenvalue weighted by atomic mass is 16.6. The second-order valence-corrected chi connectivity index (χ2v) is 6.93. The lowest BCUT2D eigenvalue weighted by Gasteiger charge is -2.35. The molecule has 22 heavy (non-hydrogen) atoms. The first-order chi connectivity index (χ1) is 10.3. The third-order valence-corrected chi connectivity index (χ3v) is 4.01. The molecule has 0 radical (unpaired) electrons. The summed E-state index contributed by atoms with van der Waals surface area (Å²) in [7, 11) is 0. The molecule has 2 N–H and O–H groups in total. The Hall–Kier alpha value is -2.11. The third kappa shape index (κ3) is 2.91. The van der Waals surface area contributed by atoms with Gasteiger partial charge in [-0.1, -0.05) is 6.08 Å². The van der Waals surface area contributed by atoms with Gasteiger partial charge in [-0.15, -0.1) is 10.2 Å². The minimum atomic E-state index is -0.469. The van der Waals surface area contributed by atoms with Crippen LogP contribution in [0.3, 0.4) is 0 Å². The molecule has 1 aromatic heterocycles. The normalized spacial score (nSPS) is 24.1. The topological polar surface area (TPSA) is 81.3 Å². The van der Waals surface area contributed by atoms with E-state index in [0.29, 0.717) is 5.82 Å². The van der Waals surface area contributed by atoms with E-state index in [2.05, 4.69) is 16.3 Å². The second-order valence-electron chi connectivity index (χ2n) is 6.93. The Morgan fingerprint density at radius 2 is 2.09 bits per heavy atom. The van der Waals surface area contributed by atoms with Crippen LogP contribution in [0.4, 0.5) is 10.6 Å². The maximum absolute atomic E-state index is 12.4. The van der Waals surface area contributed by atoms with Gasteiger partial charge in [-0.3, -0.25) is 4.90 Å². The van der Waals surface area contributed by atoms with Gasteiger partial charge in [0.15, 0.2) is 0 Å². The van der Waals surface area contributed by atoms with Crippen LogP contribution in [0.15, 0.2) is 18.2 Å². The van der Waals surface area contributed by atoms with Crippen molar-refractivity contribution in [2.75, 3.05) is 5.73 Å². The molecular weight excluding hydrogens is 280 g/mol. The van der Waals surface area contributed by atoms with Crippen molar-refractivity contribution >= 4 is 17.5 Å². The molecule has 1 aromatic rings. The number of aromatic nitrogens is 2. The molecule has 0 spiro atoms. The van der Waals surface area contributed by atoms with Gasteiger partial charge in [0, 0.05) is 6.04 Å². The van der Waals surface area contributed by atoms with E-state index in [0.717, 1.165) is 30.5 Å². The van der Waals surface area contributed by atoms with Gasteiger partial charge in [0.25, 0.3) is 0 Å². The molecule has 1 fully saturated rings. The van der Waals surface area contributed by atoms with Crippen molar-refractivity contribution in [3.8, 4) is 0 Å². The summed E-state index contributed by atoms with van der Waals surface area (Å²) in [5, 5.41) is 8.06. The number of nitrogens with zero attached hydrogens (tertiary/aromatic N) is 3. The van der Waals surface area contributed by atoms with Crippen molar-refractivity contribution < 1.29 is 9.53 Å². The minimum Gasteiger partial charge on any atom is -0.444 e. The highest BCUT2D eigenvalue weighted by molar-refractivity contribution is 5.74. The first kappa shape index (κ1) is 14.8. The fraction of sp³-hybridized carbons (Fsp3) is 0.562. The van der Waals surface area contributed by atoms with Gasteiger partial charge >= 0.3 is 6.09 Å². The van der Waals surface area contributed by atoms with Crippen molar-refractivity contribution in [2.24, 2.45) is 0 Å². The lowest BCUT2D eigenvalue weighted by molar-refractivity contribution is 0.0175. The van der Waals surface area contributed by atoms with Gasteiger partial charge in [0.2, 0.25) is 0 Å². The maximum atomic E-state index is 12.4. The summed E-state index contributed by atoms with van der Waals surface area (Å²) in [5.41, 5.74) is 7.09. The molecule has 0 aromatic carbocycles. The monoisotopic (exact) mass is 302 g/mol. The number of amides is 1. The number of fused-ring (bicyclic) bond motifs is 2. The Labute approximate surface area is 130 Å². The van der Waals surface area contributed by atoms with Crippen LogP contribution >= 0.6 is 0 Å². The number of nitrogens with two attached hydrogens (primary N) is 1. The zero-order chi connectivity index (χ0) is 15.9. The fourth-order valence-corrected chi connectivity index (χ4v) is 3.13. The van der Waals surface area contributed by atoms with E-state index in [1.54, 1.807) is 6.07 Å². The van der Waals surface area contributed by atoms with Gasteiger partial charge in [-0.05, 0) is 57.7 Å². The summed E-state index contributed by atoms with van der Waals surface area (Å²) in [6, 6.07) is 3.91. The fourth-order valence-electron chi connectivity index (χ4n) is 3.13. The molecule has 1 amide bonds. The summed E-state index contributed by atoms with van der Waals surface area (Å²) in [4.78, 5) is 14.3. The molecule has 2 bridgehead atoms.